The molecule has 2 unspecified atom stereocenters. The van der Waals surface area contributed by atoms with E-state index in [9.17, 15) is 24.3 Å². The van der Waals surface area contributed by atoms with Crippen LogP contribution in [0.5, 0.6) is 5.75 Å². The lowest BCUT2D eigenvalue weighted by molar-refractivity contribution is -0.149. The van der Waals surface area contributed by atoms with Crippen molar-refractivity contribution in [3.63, 3.8) is 0 Å². The normalized spacial score (nSPS) is 13.3. The lowest BCUT2D eigenvalue weighted by Crippen LogP contribution is -2.59. The number of amides is 3. The second kappa shape index (κ2) is 12.0. The Hall–Kier alpha value is -2.95. The van der Waals surface area contributed by atoms with Gasteiger partial charge in [-0.15, -0.1) is 0 Å². The fraction of sp³-hybridized carbons (Fsp3) is 0.565. The molecule has 2 atom stereocenters. The number of nitrogens with one attached hydrogen (secondary N) is 2. The molecule has 0 aliphatic rings. The molecule has 1 rings (SSSR count). The van der Waals surface area contributed by atoms with E-state index in [0.29, 0.717) is 5.56 Å². The van der Waals surface area contributed by atoms with Crippen LogP contribution in [0.3, 0.4) is 0 Å². The quantitative estimate of drug-likeness (QED) is 0.319. The lowest BCUT2D eigenvalue weighted by atomic mass is 9.95. The largest absolute Gasteiger partial charge is 0.508 e. The third-order valence-electron chi connectivity index (χ3n) is 4.46. The number of benzene rings is 1. The van der Waals surface area contributed by atoms with E-state index >= 15 is 0 Å². The minimum Gasteiger partial charge on any atom is -0.508 e. The second-order valence-electron chi connectivity index (χ2n) is 9.55. The van der Waals surface area contributed by atoms with Crippen LogP contribution in [0.4, 0.5) is 4.79 Å². The van der Waals surface area contributed by atoms with Crippen molar-refractivity contribution in [2.75, 3.05) is 19.4 Å². The molecule has 0 fully saturated rings. The van der Waals surface area contributed by atoms with E-state index in [0.717, 1.165) is 0 Å². The highest BCUT2D eigenvalue weighted by atomic mass is 32.1. The molecule has 0 radical (unpaired) electrons. The summed E-state index contributed by atoms with van der Waals surface area (Å²) in [6, 6.07) is 3.52. The topological polar surface area (TPSA) is 134 Å². The smallest absolute Gasteiger partial charge is 0.408 e. The van der Waals surface area contributed by atoms with Crippen LogP contribution in [0.25, 0.3) is 0 Å². The van der Waals surface area contributed by atoms with Crippen LogP contribution in [0.2, 0.25) is 0 Å². The van der Waals surface area contributed by atoms with E-state index < -0.39 is 53.6 Å². The molecule has 10 nitrogen and oxygen atoms in total. The number of rotatable bonds is 8. The zero-order chi connectivity index (χ0) is 26.3. The number of esters is 1. The molecule has 0 saturated carbocycles. The van der Waals surface area contributed by atoms with Crippen molar-refractivity contribution in [1.82, 2.24) is 15.5 Å². The molecule has 3 amide bonds. The predicted molar refractivity (Wildman–Crippen MR) is 129 cm³/mol. The Morgan fingerprint density at radius 1 is 1.12 bits per heavy atom. The average Bonchev–Trinajstić information content (AvgIpc) is 2.71. The average molecular weight is 498 g/mol. The number of phenolic OH excluding ortho intramolecular Hbond substituents is 1. The number of phenols is 1. The Bertz CT molecular complexity index is 893. The van der Waals surface area contributed by atoms with Gasteiger partial charge in [0, 0.05) is 11.3 Å². The van der Waals surface area contributed by atoms with Gasteiger partial charge in [-0.3, -0.25) is 14.4 Å². The van der Waals surface area contributed by atoms with Gasteiger partial charge < -0.3 is 30.1 Å². The lowest BCUT2D eigenvalue weighted by Gasteiger charge is -2.42. The number of alkyl carbamates (subject to hydrolysis) is 1. The molecule has 0 saturated heterocycles. The summed E-state index contributed by atoms with van der Waals surface area (Å²) in [5.74, 6) is -2.12. The molecule has 11 heteroatoms. The second-order valence-corrected chi connectivity index (χ2v) is 9.92. The van der Waals surface area contributed by atoms with Gasteiger partial charge >= 0.3 is 12.1 Å². The summed E-state index contributed by atoms with van der Waals surface area (Å²) < 4.78 is 9.83. The Morgan fingerprint density at radius 2 is 1.74 bits per heavy atom. The van der Waals surface area contributed by atoms with E-state index in [-0.39, 0.29) is 11.5 Å². The van der Waals surface area contributed by atoms with Gasteiger partial charge in [0.05, 0.1) is 7.11 Å². The van der Waals surface area contributed by atoms with Crippen LogP contribution in [0.15, 0.2) is 24.3 Å². The van der Waals surface area contributed by atoms with Crippen LogP contribution < -0.4 is 10.6 Å². The summed E-state index contributed by atoms with van der Waals surface area (Å²) in [6.07, 6.45) is -0.808. The van der Waals surface area contributed by atoms with Crippen molar-refractivity contribution in [3.8, 4) is 5.75 Å². The molecule has 0 aliphatic carbocycles. The maximum atomic E-state index is 13.7. The third kappa shape index (κ3) is 8.77. The first kappa shape index (κ1) is 29.1. The van der Waals surface area contributed by atoms with Crippen LogP contribution in [-0.2, 0) is 23.9 Å². The number of ether oxygens (including phenoxy) is 2. The van der Waals surface area contributed by atoms with Crippen molar-refractivity contribution < 1.29 is 33.8 Å². The number of carbonyl (C=O) groups is 4. The molecule has 190 valence electrons. The van der Waals surface area contributed by atoms with Crippen LogP contribution in [0.1, 0.15) is 53.1 Å². The van der Waals surface area contributed by atoms with E-state index in [4.69, 9.17) is 4.74 Å². The predicted octanol–water partition coefficient (Wildman–Crippen LogP) is 2.17. The number of hydrogen-bond donors (Lipinski definition) is 4. The molecule has 0 bridgehead atoms. The SMILES string of the molecule is COC(=O)CNC(=O)C(c1cccc(O)c1)N(C(=O)C(CS)NC(=O)OC(C)(C)C)C(C)(C)C. The zero-order valence-corrected chi connectivity index (χ0v) is 21.6. The minimum atomic E-state index is -1.24. The minimum absolute atomic E-state index is 0.0683. The van der Waals surface area contributed by atoms with Gasteiger partial charge in [0.2, 0.25) is 11.8 Å². The maximum Gasteiger partial charge on any atom is 0.408 e. The fourth-order valence-corrected chi connectivity index (χ4v) is 3.34. The van der Waals surface area contributed by atoms with Gasteiger partial charge in [-0.05, 0) is 59.2 Å². The van der Waals surface area contributed by atoms with Gasteiger partial charge in [-0.25, -0.2) is 4.79 Å². The number of aromatic hydroxyl groups is 1. The third-order valence-corrected chi connectivity index (χ3v) is 4.82. The number of carbonyl (C=O) groups excluding carboxylic acids is 4. The van der Waals surface area contributed by atoms with Crippen molar-refractivity contribution >= 4 is 36.5 Å². The molecule has 0 spiro atoms. The summed E-state index contributed by atoms with van der Waals surface area (Å²) in [5.41, 5.74) is -1.40. The van der Waals surface area contributed by atoms with Gasteiger partial charge in [-0.2, -0.15) is 12.6 Å². The zero-order valence-electron chi connectivity index (χ0n) is 20.7. The molecule has 1 aromatic carbocycles. The summed E-state index contributed by atoms with van der Waals surface area (Å²) in [6.45, 7) is 9.81. The van der Waals surface area contributed by atoms with Crippen LogP contribution >= 0.6 is 12.6 Å². The first-order chi connectivity index (χ1) is 15.6. The highest BCUT2D eigenvalue weighted by Crippen LogP contribution is 2.31. The number of methoxy groups -OCH3 is 1. The monoisotopic (exact) mass is 497 g/mol. The summed E-state index contributed by atoms with van der Waals surface area (Å²) in [5, 5.41) is 15.0. The van der Waals surface area contributed by atoms with Gasteiger partial charge in [0.1, 0.15) is 30.0 Å². The molecule has 34 heavy (non-hydrogen) atoms. The summed E-state index contributed by atoms with van der Waals surface area (Å²) in [7, 11) is 1.19. The summed E-state index contributed by atoms with van der Waals surface area (Å²) >= 11 is 4.22. The highest BCUT2D eigenvalue weighted by molar-refractivity contribution is 7.80. The number of thiol groups is 1. The first-order valence-electron chi connectivity index (χ1n) is 10.7. The Kier molecular flexibility index (Phi) is 10.2. The van der Waals surface area contributed by atoms with Crippen LogP contribution in [0, 0.1) is 0 Å². The maximum absolute atomic E-state index is 13.7. The number of nitrogens with zero attached hydrogens (tertiary/aromatic N) is 1. The van der Waals surface area contributed by atoms with Gasteiger partial charge in [0.25, 0.3) is 0 Å². The van der Waals surface area contributed by atoms with Gasteiger partial charge in [-0.1, -0.05) is 12.1 Å². The van der Waals surface area contributed by atoms with E-state index in [1.807, 2.05) is 0 Å². The molecule has 0 aromatic heterocycles. The van der Waals surface area contributed by atoms with E-state index in [2.05, 4.69) is 28.0 Å². The first-order valence-corrected chi connectivity index (χ1v) is 11.3. The Balaban J connectivity index is 3.44. The van der Waals surface area contributed by atoms with E-state index in [1.165, 1.54) is 30.2 Å². The number of hydrogen-bond acceptors (Lipinski definition) is 8. The van der Waals surface area contributed by atoms with Gasteiger partial charge in [0.15, 0.2) is 0 Å². The van der Waals surface area contributed by atoms with Crippen molar-refractivity contribution in [1.29, 1.82) is 0 Å². The Morgan fingerprint density at radius 3 is 2.21 bits per heavy atom. The van der Waals surface area contributed by atoms with Crippen molar-refractivity contribution in [3.05, 3.63) is 29.8 Å². The highest BCUT2D eigenvalue weighted by Gasteiger charge is 2.41. The van der Waals surface area contributed by atoms with E-state index in [1.54, 1.807) is 47.6 Å². The fourth-order valence-electron chi connectivity index (χ4n) is 3.09. The molecule has 1 aromatic rings. The molecular formula is C23H35N3O7S. The molecule has 3 N–H and O–H groups in total. The van der Waals surface area contributed by atoms with Crippen LogP contribution in [-0.4, -0.2) is 70.5 Å². The Labute approximate surface area is 205 Å². The summed E-state index contributed by atoms with van der Waals surface area (Å²) in [4.78, 5) is 52.2. The molecule has 0 heterocycles. The standard InChI is InChI=1S/C23H35N3O7S/c1-22(2,3)26(20(30)16(13-34)25-21(31)33-23(4,5)6)18(14-9-8-10-15(27)11-14)19(29)24-12-17(28)32-7/h8-11,16,18,27,34H,12-13H2,1-7H3,(H,24,29)(H,25,31). The van der Waals surface area contributed by atoms with Crippen molar-refractivity contribution in [2.24, 2.45) is 0 Å². The molecule has 0 aliphatic heterocycles. The van der Waals surface area contributed by atoms with Crippen molar-refractivity contribution in [2.45, 2.75) is 64.8 Å². The molecular weight excluding hydrogens is 462 g/mol.